The van der Waals surface area contributed by atoms with E-state index in [1.165, 1.54) is 17.1 Å². The van der Waals surface area contributed by atoms with Crippen LogP contribution in [-0.2, 0) is 0 Å². The highest BCUT2D eigenvalue weighted by atomic mass is 16.1. The summed E-state index contributed by atoms with van der Waals surface area (Å²) in [5, 5.41) is 3.83. The van der Waals surface area contributed by atoms with Crippen LogP contribution < -0.4 is 11.4 Å². The molecule has 1 aromatic carbocycles. The Morgan fingerprint density at radius 1 is 1.18 bits per heavy atom. The number of rotatable bonds is 1. The third-order valence-electron chi connectivity index (χ3n) is 2.47. The molecule has 0 atom stereocenters. The summed E-state index contributed by atoms with van der Waals surface area (Å²) < 4.78 is 2.38. The molecule has 6 nitrogen and oxygen atoms in total. The molecular weight excluding hydrogens is 218 g/mol. The number of nitrogens with zero attached hydrogens (tertiary/aromatic N) is 4. The van der Waals surface area contributed by atoms with Crippen LogP contribution in [-0.4, -0.2) is 19.3 Å². The first-order valence-electron chi connectivity index (χ1n) is 5.03. The van der Waals surface area contributed by atoms with E-state index in [-0.39, 0.29) is 5.56 Å². The lowest BCUT2D eigenvalue weighted by molar-refractivity contribution is 0.898. The predicted molar refractivity (Wildman–Crippen MR) is 62.8 cm³/mol. The van der Waals surface area contributed by atoms with Gasteiger partial charge in [-0.15, -0.1) is 0 Å². The zero-order valence-electron chi connectivity index (χ0n) is 8.82. The second kappa shape index (κ2) is 3.44. The molecule has 3 aromatic rings. The molecule has 0 radical (unpaired) electrons. The number of hydrogen-bond donors (Lipinski definition) is 1. The summed E-state index contributed by atoms with van der Waals surface area (Å²) in [6.45, 7) is 0. The fraction of sp³-hybridized carbons (Fsp3) is 0. The lowest BCUT2D eigenvalue weighted by atomic mass is 10.1. The van der Waals surface area contributed by atoms with Gasteiger partial charge in [-0.2, -0.15) is 9.61 Å². The number of fused-ring (bicyclic) bond motifs is 1. The van der Waals surface area contributed by atoms with Crippen molar-refractivity contribution in [3.05, 3.63) is 53.1 Å². The lowest BCUT2D eigenvalue weighted by Crippen LogP contribution is -2.17. The van der Waals surface area contributed by atoms with Crippen molar-refractivity contribution in [3.8, 4) is 11.3 Å². The van der Waals surface area contributed by atoms with E-state index in [1.54, 1.807) is 0 Å². The van der Waals surface area contributed by atoms with Gasteiger partial charge in [-0.3, -0.25) is 4.79 Å². The van der Waals surface area contributed by atoms with Crippen molar-refractivity contribution in [1.29, 1.82) is 0 Å². The lowest BCUT2D eigenvalue weighted by Gasteiger charge is -2.00. The van der Waals surface area contributed by atoms with Crippen LogP contribution in [0.4, 0.5) is 0 Å². The van der Waals surface area contributed by atoms with Gasteiger partial charge < -0.3 is 5.84 Å². The Kier molecular flexibility index (Phi) is 1.94. The van der Waals surface area contributed by atoms with Crippen LogP contribution in [0.15, 0.2) is 47.5 Å². The van der Waals surface area contributed by atoms with E-state index in [0.717, 1.165) is 10.1 Å². The monoisotopic (exact) mass is 227 g/mol. The largest absolute Gasteiger partial charge is 0.335 e. The second-order valence-corrected chi connectivity index (χ2v) is 3.60. The predicted octanol–water partition coefficient (Wildman–Crippen LogP) is 0.272. The Balaban J connectivity index is 2.32. The van der Waals surface area contributed by atoms with Gasteiger partial charge in [0.1, 0.15) is 6.33 Å². The maximum Gasteiger partial charge on any atom is 0.276 e. The number of nitrogen functional groups attached to an aromatic ring is 1. The van der Waals surface area contributed by atoms with Gasteiger partial charge in [0.15, 0.2) is 0 Å². The molecule has 0 unspecified atom stereocenters. The Morgan fingerprint density at radius 3 is 2.71 bits per heavy atom. The van der Waals surface area contributed by atoms with Crippen molar-refractivity contribution >= 4 is 5.78 Å². The van der Waals surface area contributed by atoms with Gasteiger partial charge in [-0.1, -0.05) is 30.3 Å². The van der Waals surface area contributed by atoms with Crippen molar-refractivity contribution in [1.82, 2.24) is 19.3 Å². The smallest absolute Gasteiger partial charge is 0.276 e. The Hall–Kier alpha value is -2.63. The molecule has 2 heterocycles. The molecule has 0 saturated carbocycles. The maximum absolute atomic E-state index is 11.8. The second-order valence-electron chi connectivity index (χ2n) is 3.60. The molecule has 0 aliphatic carbocycles. The van der Waals surface area contributed by atoms with Crippen LogP contribution in [0.5, 0.6) is 0 Å². The summed E-state index contributed by atoms with van der Waals surface area (Å²) in [6.07, 6.45) is 1.35. The van der Waals surface area contributed by atoms with E-state index in [2.05, 4.69) is 10.1 Å². The first-order chi connectivity index (χ1) is 8.25. The number of aromatic nitrogens is 4. The van der Waals surface area contributed by atoms with Gasteiger partial charge in [-0.05, 0) is 0 Å². The molecule has 0 fully saturated rings. The molecule has 6 heteroatoms. The average Bonchev–Trinajstić information content (AvgIpc) is 2.73. The molecule has 0 aliphatic heterocycles. The SMILES string of the molecule is Nn1cnn2c(=O)cc(-c3ccccc3)nc12. The van der Waals surface area contributed by atoms with Crippen LogP contribution in [0, 0.1) is 0 Å². The normalized spacial score (nSPS) is 10.8. The molecule has 0 spiro atoms. The van der Waals surface area contributed by atoms with Crippen molar-refractivity contribution in [3.63, 3.8) is 0 Å². The molecule has 0 aliphatic rings. The van der Waals surface area contributed by atoms with Crippen molar-refractivity contribution in [2.45, 2.75) is 0 Å². The molecule has 3 rings (SSSR count). The molecule has 84 valence electrons. The molecule has 0 amide bonds. The fourth-order valence-electron chi connectivity index (χ4n) is 1.66. The van der Waals surface area contributed by atoms with Crippen molar-refractivity contribution < 1.29 is 0 Å². The summed E-state index contributed by atoms with van der Waals surface area (Å²) >= 11 is 0. The van der Waals surface area contributed by atoms with Gasteiger partial charge in [0.05, 0.1) is 5.69 Å². The van der Waals surface area contributed by atoms with E-state index in [1.807, 2.05) is 30.3 Å². The number of benzene rings is 1. The summed E-state index contributed by atoms with van der Waals surface area (Å²) in [5.41, 5.74) is 1.20. The van der Waals surface area contributed by atoms with Crippen LogP contribution in [0.3, 0.4) is 0 Å². The first-order valence-corrected chi connectivity index (χ1v) is 5.03. The summed E-state index contributed by atoms with van der Waals surface area (Å²) in [7, 11) is 0. The number of hydrogen-bond acceptors (Lipinski definition) is 4. The Morgan fingerprint density at radius 2 is 1.94 bits per heavy atom. The third kappa shape index (κ3) is 1.46. The van der Waals surface area contributed by atoms with Crippen molar-refractivity contribution in [2.24, 2.45) is 0 Å². The summed E-state index contributed by atoms with van der Waals surface area (Å²) in [5.74, 6) is 5.94. The zero-order valence-corrected chi connectivity index (χ0v) is 8.82. The Labute approximate surface area is 95.9 Å². The van der Waals surface area contributed by atoms with E-state index >= 15 is 0 Å². The topological polar surface area (TPSA) is 78.2 Å². The highest BCUT2D eigenvalue weighted by Crippen LogP contribution is 2.14. The highest BCUT2D eigenvalue weighted by Gasteiger charge is 2.07. The van der Waals surface area contributed by atoms with Gasteiger partial charge >= 0.3 is 0 Å². The van der Waals surface area contributed by atoms with Crippen LogP contribution in [0.1, 0.15) is 0 Å². The number of nitrogens with two attached hydrogens (primary N) is 1. The fourth-order valence-corrected chi connectivity index (χ4v) is 1.66. The maximum atomic E-state index is 11.8. The van der Waals surface area contributed by atoms with E-state index in [0.29, 0.717) is 11.5 Å². The third-order valence-corrected chi connectivity index (χ3v) is 2.47. The highest BCUT2D eigenvalue weighted by molar-refractivity contribution is 5.60. The minimum atomic E-state index is -0.252. The standard InChI is InChI=1S/C11H9N5O/c12-15-7-13-16-10(17)6-9(14-11(15)16)8-4-2-1-3-5-8/h1-7H,12H2. The molecular formula is C11H9N5O. The van der Waals surface area contributed by atoms with Gasteiger partial charge in [0.2, 0.25) is 0 Å². The molecule has 2 N–H and O–H groups in total. The zero-order chi connectivity index (χ0) is 11.8. The van der Waals surface area contributed by atoms with Gasteiger partial charge in [-0.25, -0.2) is 9.66 Å². The molecule has 17 heavy (non-hydrogen) atoms. The first kappa shape index (κ1) is 9.59. The molecule has 0 saturated heterocycles. The average molecular weight is 227 g/mol. The van der Waals surface area contributed by atoms with Gasteiger partial charge in [0, 0.05) is 11.6 Å². The van der Waals surface area contributed by atoms with Crippen LogP contribution in [0.25, 0.3) is 17.0 Å². The summed E-state index contributed by atoms with van der Waals surface area (Å²) in [4.78, 5) is 16.1. The van der Waals surface area contributed by atoms with E-state index in [4.69, 9.17) is 5.84 Å². The molecule has 2 aromatic heterocycles. The minimum absolute atomic E-state index is 0.252. The minimum Gasteiger partial charge on any atom is -0.335 e. The van der Waals surface area contributed by atoms with Gasteiger partial charge in [0.25, 0.3) is 11.3 Å². The van der Waals surface area contributed by atoms with Crippen LogP contribution in [0.2, 0.25) is 0 Å². The van der Waals surface area contributed by atoms with E-state index in [9.17, 15) is 4.79 Å². The Bertz CT molecular complexity index is 728. The quantitative estimate of drug-likeness (QED) is 0.605. The van der Waals surface area contributed by atoms with Crippen molar-refractivity contribution in [2.75, 3.05) is 5.84 Å². The van der Waals surface area contributed by atoms with Crippen LogP contribution >= 0.6 is 0 Å². The molecule has 0 bridgehead atoms. The van der Waals surface area contributed by atoms with E-state index < -0.39 is 0 Å². The summed E-state index contributed by atoms with van der Waals surface area (Å²) in [6, 6.07) is 10.9.